The molecule has 0 aliphatic rings. The van der Waals surface area contributed by atoms with Crippen molar-refractivity contribution in [2.75, 3.05) is 14.2 Å². The number of ether oxygens (including phenoxy) is 1. The first-order valence-electron chi connectivity index (χ1n) is 3.81. The molecular weight excluding hydrogens is 230 g/mol. The van der Waals surface area contributed by atoms with E-state index in [-0.39, 0.29) is 0 Å². The number of nitrogens with two attached hydrogens (primary N) is 1. The van der Waals surface area contributed by atoms with Gasteiger partial charge < -0.3 is 10.5 Å². The zero-order valence-electron chi connectivity index (χ0n) is 7.88. The first-order chi connectivity index (χ1) is 6.27. The van der Waals surface area contributed by atoms with Crippen molar-refractivity contribution in [1.82, 2.24) is 0 Å². The largest absolute Gasteiger partial charge is 0.496 e. The molecule has 72 valence electrons. The van der Waals surface area contributed by atoms with Crippen LogP contribution in [0.15, 0.2) is 29.3 Å². The van der Waals surface area contributed by atoms with Gasteiger partial charge in [-0.15, -0.1) is 0 Å². The highest BCUT2D eigenvalue weighted by molar-refractivity contribution is 9.10. The van der Waals surface area contributed by atoms with Gasteiger partial charge in [-0.05, 0) is 19.2 Å². The van der Waals surface area contributed by atoms with Crippen LogP contribution in [0.4, 0.5) is 0 Å². The van der Waals surface area contributed by atoms with Gasteiger partial charge in [0.05, 0.1) is 7.11 Å². The topological polar surface area (TPSA) is 35.2 Å². The van der Waals surface area contributed by atoms with Crippen molar-refractivity contribution < 1.29 is 4.74 Å². The molecule has 0 radical (unpaired) electrons. The van der Waals surface area contributed by atoms with Crippen LogP contribution in [0.2, 0.25) is 0 Å². The van der Waals surface area contributed by atoms with Gasteiger partial charge in [0.15, 0.2) is 0 Å². The quantitative estimate of drug-likeness (QED) is 0.867. The van der Waals surface area contributed by atoms with Crippen molar-refractivity contribution in [2.24, 2.45) is 5.73 Å². The number of benzene rings is 1. The van der Waals surface area contributed by atoms with Crippen molar-refractivity contribution in [3.8, 4) is 5.75 Å². The normalized spacial score (nSPS) is 8.31. The number of hydrogen-bond acceptors (Lipinski definition) is 2. The summed E-state index contributed by atoms with van der Waals surface area (Å²) >= 11 is 3.35. The summed E-state index contributed by atoms with van der Waals surface area (Å²) in [5, 5.41) is 0. The summed E-state index contributed by atoms with van der Waals surface area (Å²) in [7, 11) is 3.15. The number of methoxy groups -OCH3 is 1. The SMILES string of the molecule is C=Cc1ccc(Br)cc1OC.CN. The fourth-order valence-electron chi connectivity index (χ4n) is 0.854. The molecule has 0 aliphatic carbocycles. The Balaban J connectivity index is 0.000000671. The third kappa shape index (κ3) is 3.61. The van der Waals surface area contributed by atoms with E-state index in [0.29, 0.717) is 0 Å². The maximum Gasteiger partial charge on any atom is 0.127 e. The number of rotatable bonds is 2. The molecule has 1 aromatic rings. The lowest BCUT2D eigenvalue weighted by molar-refractivity contribution is 0.413. The molecule has 0 bridgehead atoms. The van der Waals surface area contributed by atoms with Crippen LogP contribution in [0.1, 0.15) is 5.56 Å². The van der Waals surface area contributed by atoms with E-state index in [0.717, 1.165) is 15.8 Å². The second-order valence-electron chi connectivity index (χ2n) is 2.09. The van der Waals surface area contributed by atoms with Crippen LogP contribution in [0.3, 0.4) is 0 Å². The molecule has 0 aromatic heterocycles. The molecule has 0 aliphatic heterocycles. The van der Waals surface area contributed by atoms with Crippen LogP contribution < -0.4 is 10.5 Å². The molecule has 0 saturated carbocycles. The molecule has 13 heavy (non-hydrogen) atoms. The highest BCUT2D eigenvalue weighted by Crippen LogP contribution is 2.23. The molecule has 0 amide bonds. The fraction of sp³-hybridized carbons (Fsp3) is 0.200. The van der Waals surface area contributed by atoms with Crippen molar-refractivity contribution in [3.63, 3.8) is 0 Å². The van der Waals surface area contributed by atoms with E-state index in [1.165, 1.54) is 7.05 Å². The molecule has 3 heteroatoms. The van der Waals surface area contributed by atoms with Gasteiger partial charge in [-0.2, -0.15) is 0 Å². The maximum atomic E-state index is 5.12. The molecule has 0 spiro atoms. The monoisotopic (exact) mass is 243 g/mol. The van der Waals surface area contributed by atoms with Gasteiger partial charge in [0, 0.05) is 10.0 Å². The minimum atomic E-state index is 0.842. The first kappa shape index (κ1) is 12.2. The fourth-order valence-corrected chi connectivity index (χ4v) is 1.19. The van der Waals surface area contributed by atoms with Crippen LogP contribution in [-0.2, 0) is 0 Å². The van der Waals surface area contributed by atoms with Crippen molar-refractivity contribution in [2.45, 2.75) is 0 Å². The van der Waals surface area contributed by atoms with Gasteiger partial charge >= 0.3 is 0 Å². The van der Waals surface area contributed by atoms with E-state index in [2.05, 4.69) is 28.2 Å². The molecule has 0 unspecified atom stereocenters. The Morgan fingerprint density at radius 2 is 2.08 bits per heavy atom. The van der Waals surface area contributed by atoms with Crippen LogP contribution in [0, 0.1) is 0 Å². The van der Waals surface area contributed by atoms with Crippen LogP contribution in [-0.4, -0.2) is 14.2 Å². The van der Waals surface area contributed by atoms with Crippen molar-refractivity contribution in [3.05, 3.63) is 34.8 Å². The second kappa shape index (κ2) is 6.69. The Hall–Kier alpha value is -0.800. The predicted molar refractivity (Wildman–Crippen MR) is 60.9 cm³/mol. The molecule has 2 nitrogen and oxygen atoms in total. The standard InChI is InChI=1S/C9H9BrO.CH5N/c1-3-7-4-5-8(10)6-9(7)11-2;1-2/h3-6H,1H2,2H3;2H2,1H3. The smallest absolute Gasteiger partial charge is 0.127 e. The molecule has 0 saturated heterocycles. The summed E-state index contributed by atoms with van der Waals surface area (Å²) in [6, 6.07) is 5.83. The lowest BCUT2D eigenvalue weighted by Gasteiger charge is -2.03. The highest BCUT2D eigenvalue weighted by Gasteiger charge is 1.97. The van der Waals surface area contributed by atoms with Crippen LogP contribution >= 0.6 is 15.9 Å². The molecule has 0 fully saturated rings. The first-order valence-corrected chi connectivity index (χ1v) is 4.61. The van der Waals surface area contributed by atoms with Gasteiger partial charge in [0.2, 0.25) is 0 Å². The zero-order valence-corrected chi connectivity index (χ0v) is 9.47. The predicted octanol–water partition coefficient (Wildman–Crippen LogP) is 2.68. The Morgan fingerprint density at radius 1 is 1.46 bits per heavy atom. The van der Waals surface area contributed by atoms with E-state index >= 15 is 0 Å². The number of halogens is 1. The Kier molecular flexibility index (Phi) is 6.28. The third-order valence-electron chi connectivity index (χ3n) is 1.42. The average molecular weight is 244 g/mol. The molecule has 1 rings (SSSR count). The summed E-state index contributed by atoms with van der Waals surface area (Å²) in [4.78, 5) is 0. The van der Waals surface area contributed by atoms with E-state index in [9.17, 15) is 0 Å². The van der Waals surface area contributed by atoms with E-state index in [1.54, 1.807) is 13.2 Å². The van der Waals surface area contributed by atoms with Crippen LogP contribution in [0.25, 0.3) is 6.08 Å². The summed E-state index contributed by atoms with van der Waals surface area (Å²) < 4.78 is 6.13. The minimum absolute atomic E-state index is 0.842. The van der Waals surface area contributed by atoms with Crippen molar-refractivity contribution in [1.29, 1.82) is 0 Å². The average Bonchev–Trinajstić information content (AvgIpc) is 2.20. The van der Waals surface area contributed by atoms with Gasteiger partial charge in [-0.25, -0.2) is 0 Å². The molecule has 0 atom stereocenters. The highest BCUT2D eigenvalue weighted by atomic mass is 79.9. The molecule has 2 N–H and O–H groups in total. The molecule has 1 aromatic carbocycles. The summed E-state index contributed by atoms with van der Waals surface area (Å²) in [5.74, 6) is 0.842. The van der Waals surface area contributed by atoms with E-state index < -0.39 is 0 Å². The third-order valence-corrected chi connectivity index (χ3v) is 1.91. The Bertz CT molecular complexity index is 274. The Morgan fingerprint density at radius 3 is 2.54 bits per heavy atom. The van der Waals surface area contributed by atoms with Crippen molar-refractivity contribution >= 4 is 22.0 Å². The van der Waals surface area contributed by atoms with Gasteiger partial charge in [-0.3, -0.25) is 0 Å². The van der Waals surface area contributed by atoms with E-state index in [1.807, 2.05) is 18.2 Å². The Labute approximate surface area is 87.5 Å². The lowest BCUT2D eigenvalue weighted by Crippen LogP contribution is -1.85. The summed E-state index contributed by atoms with van der Waals surface area (Å²) in [6.07, 6.45) is 1.77. The molecule has 0 heterocycles. The van der Waals surface area contributed by atoms with Gasteiger partial charge in [-0.1, -0.05) is 34.7 Å². The summed E-state index contributed by atoms with van der Waals surface area (Å²) in [6.45, 7) is 3.67. The van der Waals surface area contributed by atoms with Crippen LogP contribution in [0.5, 0.6) is 5.75 Å². The summed E-state index contributed by atoms with van der Waals surface area (Å²) in [5.41, 5.74) is 5.51. The lowest BCUT2D eigenvalue weighted by atomic mass is 10.2. The van der Waals surface area contributed by atoms with Gasteiger partial charge in [0.25, 0.3) is 0 Å². The zero-order chi connectivity index (χ0) is 10.3. The van der Waals surface area contributed by atoms with Gasteiger partial charge in [0.1, 0.15) is 5.75 Å². The van der Waals surface area contributed by atoms with E-state index in [4.69, 9.17) is 4.74 Å². The number of hydrogen-bond donors (Lipinski definition) is 1. The maximum absolute atomic E-state index is 5.12. The second-order valence-corrected chi connectivity index (χ2v) is 3.01. The minimum Gasteiger partial charge on any atom is -0.496 e. The molecular formula is C10H14BrNO.